The summed E-state index contributed by atoms with van der Waals surface area (Å²) in [6, 6.07) is 7.35. The molecular formula is C19H22N4O3. The number of nitrogens with one attached hydrogen (secondary N) is 1. The van der Waals surface area contributed by atoms with Crippen molar-refractivity contribution in [2.75, 3.05) is 24.5 Å². The highest BCUT2D eigenvalue weighted by molar-refractivity contribution is 6.03. The van der Waals surface area contributed by atoms with Crippen molar-refractivity contribution in [3.05, 3.63) is 42.5 Å². The number of rotatable bonds is 3. The van der Waals surface area contributed by atoms with Crippen molar-refractivity contribution in [1.29, 1.82) is 0 Å². The van der Waals surface area contributed by atoms with Gasteiger partial charge in [-0.25, -0.2) is 4.98 Å². The van der Waals surface area contributed by atoms with Gasteiger partial charge in [0, 0.05) is 30.9 Å². The monoisotopic (exact) mass is 354 g/mol. The highest BCUT2D eigenvalue weighted by atomic mass is 16.5. The minimum atomic E-state index is -0.580. The third-order valence-electron chi connectivity index (χ3n) is 5.17. The van der Waals surface area contributed by atoms with E-state index in [-0.39, 0.29) is 18.4 Å². The van der Waals surface area contributed by atoms with E-state index >= 15 is 0 Å². The number of imidazole rings is 1. The smallest absolute Gasteiger partial charge is 0.268 e. The van der Waals surface area contributed by atoms with Gasteiger partial charge in [-0.1, -0.05) is 12.1 Å². The first-order valence-electron chi connectivity index (χ1n) is 8.96. The second-order valence-electron chi connectivity index (χ2n) is 6.81. The predicted molar refractivity (Wildman–Crippen MR) is 96.0 cm³/mol. The maximum absolute atomic E-state index is 12.8. The maximum Gasteiger partial charge on any atom is 0.268 e. The highest BCUT2D eigenvalue weighted by Gasteiger charge is 2.34. The average Bonchev–Trinajstić information content (AvgIpc) is 3.20. The molecule has 26 heavy (non-hydrogen) atoms. The number of H-pyrrole nitrogens is 1. The van der Waals surface area contributed by atoms with Crippen LogP contribution in [0.3, 0.4) is 0 Å². The molecule has 1 aromatic carbocycles. The van der Waals surface area contributed by atoms with Crippen LogP contribution in [0.2, 0.25) is 0 Å². The van der Waals surface area contributed by atoms with Crippen molar-refractivity contribution in [3.8, 4) is 5.75 Å². The fraction of sp³-hybridized carbons (Fsp3) is 0.421. The number of fused-ring (bicyclic) bond motifs is 1. The Bertz CT molecular complexity index is 797. The Kier molecular flexibility index (Phi) is 4.36. The number of aromatic amines is 1. The van der Waals surface area contributed by atoms with Crippen molar-refractivity contribution in [2.24, 2.45) is 0 Å². The van der Waals surface area contributed by atoms with Crippen LogP contribution >= 0.6 is 0 Å². The summed E-state index contributed by atoms with van der Waals surface area (Å²) in [7, 11) is 0. The van der Waals surface area contributed by atoms with Gasteiger partial charge in [0.05, 0.1) is 12.0 Å². The number of aromatic nitrogens is 2. The lowest BCUT2D eigenvalue weighted by atomic mass is 9.94. The van der Waals surface area contributed by atoms with Crippen molar-refractivity contribution in [3.63, 3.8) is 0 Å². The predicted octanol–water partition coefficient (Wildman–Crippen LogP) is 1.93. The third-order valence-corrected chi connectivity index (χ3v) is 5.17. The SMILES string of the molecule is CC1Oc2ccccc2N(CC(=O)N2CCC(c3cnc[nH]3)CC2)C1=O. The number of piperidine rings is 1. The van der Waals surface area contributed by atoms with Gasteiger partial charge in [-0.2, -0.15) is 0 Å². The van der Waals surface area contributed by atoms with Crippen LogP contribution in [0.25, 0.3) is 0 Å². The number of anilines is 1. The molecule has 0 spiro atoms. The summed E-state index contributed by atoms with van der Waals surface area (Å²) in [6.45, 7) is 3.15. The lowest BCUT2D eigenvalue weighted by Gasteiger charge is -2.36. The molecule has 1 saturated heterocycles. The van der Waals surface area contributed by atoms with E-state index in [0.29, 0.717) is 30.4 Å². The fourth-order valence-corrected chi connectivity index (χ4v) is 3.69. The topological polar surface area (TPSA) is 78.5 Å². The van der Waals surface area contributed by atoms with Crippen molar-refractivity contribution in [2.45, 2.75) is 31.8 Å². The molecule has 4 rings (SSSR count). The molecule has 0 saturated carbocycles. The zero-order chi connectivity index (χ0) is 18.1. The van der Waals surface area contributed by atoms with E-state index < -0.39 is 6.10 Å². The molecule has 1 unspecified atom stereocenters. The zero-order valence-electron chi connectivity index (χ0n) is 14.7. The van der Waals surface area contributed by atoms with E-state index in [4.69, 9.17) is 4.74 Å². The van der Waals surface area contributed by atoms with Crippen molar-refractivity contribution >= 4 is 17.5 Å². The van der Waals surface area contributed by atoms with Crippen molar-refractivity contribution in [1.82, 2.24) is 14.9 Å². The molecule has 1 N–H and O–H groups in total. The molecule has 2 amide bonds. The van der Waals surface area contributed by atoms with Gasteiger partial charge in [0.1, 0.15) is 12.3 Å². The summed E-state index contributed by atoms with van der Waals surface area (Å²) in [5, 5.41) is 0. The van der Waals surface area contributed by atoms with E-state index in [2.05, 4.69) is 9.97 Å². The molecule has 2 aromatic rings. The number of hydrogen-bond donors (Lipinski definition) is 1. The van der Waals surface area contributed by atoms with E-state index in [9.17, 15) is 9.59 Å². The lowest BCUT2D eigenvalue weighted by molar-refractivity contribution is -0.133. The van der Waals surface area contributed by atoms with Gasteiger partial charge in [-0.3, -0.25) is 14.5 Å². The molecule has 1 fully saturated rings. The molecule has 1 atom stereocenters. The largest absolute Gasteiger partial charge is 0.479 e. The number of carbonyl (C=O) groups is 2. The number of carbonyl (C=O) groups excluding carboxylic acids is 2. The summed E-state index contributed by atoms with van der Waals surface area (Å²) in [5.74, 6) is 0.854. The van der Waals surface area contributed by atoms with E-state index in [1.54, 1.807) is 18.2 Å². The van der Waals surface area contributed by atoms with E-state index in [1.165, 1.54) is 0 Å². The molecule has 7 heteroatoms. The Morgan fingerprint density at radius 2 is 2.08 bits per heavy atom. The Hall–Kier alpha value is -2.83. The Morgan fingerprint density at radius 1 is 1.31 bits per heavy atom. The first kappa shape index (κ1) is 16.6. The first-order valence-corrected chi connectivity index (χ1v) is 8.96. The summed E-state index contributed by atoms with van der Waals surface area (Å²) < 4.78 is 5.63. The summed E-state index contributed by atoms with van der Waals surface area (Å²) in [6.07, 6.45) is 4.77. The van der Waals surface area contributed by atoms with Gasteiger partial charge in [-0.15, -0.1) is 0 Å². The van der Waals surface area contributed by atoms with Gasteiger partial charge >= 0.3 is 0 Å². The van der Waals surface area contributed by atoms with Crippen LogP contribution in [0, 0.1) is 0 Å². The third kappa shape index (κ3) is 3.05. The standard InChI is InChI=1S/C19H22N4O3/c1-13-19(25)23(16-4-2-3-5-17(16)26-13)11-18(24)22-8-6-14(7-9-22)15-10-20-12-21-15/h2-5,10,12-14H,6-9,11H2,1H3,(H,20,21). The quantitative estimate of drug-likeness (QED) is 0.913. The number of ether oxygens (including phenoxy) is 1. The van der Waals surface area contributed by atoms with Gasteiger partial charge in [-0.05, 0) is 31.9 Å². The molecular weight excluding hydrogens is 332 g/mol. The van der Waals surface area contributed by atoms with Crippen LogP contribution in [0.5, 0.6) is 5.75 Å². The minimum Gasteiger partial charge on any atom is -0.479 e. The summed E-state index contributed by atoms with van der Waals surface area (Å²) in [4.78, 5) is 36.0. The summed E-state index contributed by atoms with van der Waals surface area (Å²) in [5.41, 5.74) is 1.79. The number of likely N-dealkylation sites (tertiary alicyclic amines) is 1. The van der Waals surface area contributed by atoms with Gasteiger partial charge < -0.3 is 14.6 Å². The van der Waals surface area contributed by atoms with Crippen LogP contribution < -0.4 is 9.64 Å². The second kappa shape index (κ2) is 6.82. The summed E-state index contributed by atoms with van der Waals surface area (Å²) >= 11 is 0. The molecule has 136 valence electrons. The second-order valence-corrected chi connectivity index (χ2v) is 6.81. The number of para-hydroxylation sites is 2. The normalized spacial score (nSPS) is 20.7. The Morgan fingerprint density at radius 3 is 2.81 bits per heavy atom. The Labute approximate surface area is 152 Å². The Balaban J connectivity index is 1.43. The van der Waals surface area contributed by atoms with Gasteiger partial charge in [0.2, 0.25) is 5.91 Å². The van der Waals surface area contributed by atoms with Crippen molar-refractivity contribution < 1.29 is 14.3 Å². The number of nitrogens with zero attached hydrogens (tertiary/aromatic N) is 3. The molecule has 3 heterocycles. The van der Waals surface area contributed by atoms with E-state index in [1.807, 2.05) is 35.4 Å². The molecule has 2 aliphatic heterocycles. The van der Waals surface area contributed by atoms with Gasteiger partial charge in [0.25, 0.3) is 5.91 Å². The number of benzene rings is 1. The lowest BCUT2D eigenvalue weighted by Crippen LogP contribution is -2.50. The molecule has 1 aromatic heterocycles. The highest BCUT2D eigenvalue weighted by Crippen LogP contribution is 2.34. The molecule has 0 radical (unpaired) electrons. The fourth-order valence-electron chi connectivity index (χ4n) is 3.69. The van der Waals surface area contributed by atoms with Crippen LogP contribution in [-0.2, 0) is 9.59 Å². The van der Waals surface area contributed by atoms with Crippen LogP contribution in [-0.4, -0.2) is 52.4 Å². The molecule has 2 aliphatic rings. The number of amides is 2. The zero-order valence-corrected chi connectivity index (χ0v) is 14.7. The number of hydrogen-bond acceptors (Lipinski definition) is 4. The first-order chi connectivity index (χ1) is 12.6. The molecule has 0 aliphatic carbocycles. The van der Waals surface area contributed by atoms with E-state index in [0.717, 1.165) is 18.5 Å². The minimum absolute atomic E-state index is 0.0229. The maximum atomic E-state index is 12.8. The molecule has 7 nitrogen and oxygen atoms in total. The average molecular weight is 354 g/mol. The van der Waals surface area contributed by atoms with Crippen LogP contribution in [0.1, 0.15) is 31.4 Å². The van der Waals surface area contributed by atoms with Crippen LogP contribution in [0.4, 0.5) is 5.69 Å². The van der Waals surface area contributed by atoms with Gasteiger partial charge in [0.15, 0.2) is 6.10 Å². The van der Waals surface area contributed by atoms with Crippen LogP contribution in [0.15, 0.2) is 36.8 Å². The molecule has 0 bridgehead atoms.